The van der Waals surface area contributed by atoms with Crippen LogP contribution in [-0.4, -0.2) is 47.9 Å². The molecular formula is C15H21N3O3. The summed E-state index contributed by atoms with van der Waals surface area (Å²) < 4.78 is 5.27. The van der Waals surface area contributed by atoms with Crippen LogP contribution in [0.4, 0.5) is 5.69 Å². The molecule has 0 bridgehead atoms. The summed E-state index contributed by atoms with van der Waals surface area (Å²) in [7, 11) is 1.57. The van der Waals surface area contributed by atoms with Crippen molar-refractivity contribution in [2.45, 2.75) is 26.4 Å². The fourth-order valence-corrected chi connectivity index (χ4v) is 2.46. The number of ether oxygens (including phenoxy) is 1. The largest absolute Gasteiger partial charge is 0.496 e. The summed E-state index contributed by atoms with van der Waals surface area (Å²) in [4.78, 5) is 27.4. The number of nitrogens with two attached hydrogens (primary N) is 1. The Kier molecular flexibility index (Phi) is 4.35. The van der Waals surface area contributed by atoms with Gasteiger partial charge >= 0.3 is 11.8 Å². The third-order valence-corrected chi connectivity index (χ3v) is 3.63. The second-order valence-electron chi connectivity index (χ2n) is 5.39. The predicted octanol–water partition coefficient (Wildman–Crippen LogP) is 0.857. The molecule has 21 heavy (non-hydrogen) atoms. The molecule has 0 aromatic heterocycles. The monoisotopic (exact) mass is 291 g/mol. The number of methoxy groups -OCH3 is 1. The highest BCUT2D eigenvalue weighted by Crippen LogP contribution is 2.23. The Labute approximate surface area is 124 Å². The summed E-state index contributed by atoms with van der Waals surface area (Å²) in [6.07, 6.45) is 0. The Morgan fingerprint density at radius 2 is 1.95 bits per heavy atom. The van der Waals surface area contributed by atoms with Gasteiger partial charge in [0.1, 0.15) is 5.75 Å². The molecule has 6 heteroatoms. The molecule has 1 aliphatic rings. The Hall–Kier alpha value is -2.24. The summed E-state index contributed by atoms with van der Waals surface area (Å²) in [5, 5.41) is 0. The molecule has 1 heterocycles. The van der Waals surface area contributed by atoms with Gasteiger partial charge in [-0.3, -0.25) is 9.59 Å². The van der Waals surface area contributed by atoms with Crippen LogP contribution in [0.3, 0.4) is 0 Å². The lowest BCUT2D eigenvalue weighted by Crippen LogP contribution is -2.55. The van der Waals surface area contributed by atoms with Gasteiger partial charge in [0, 0.05) is 36.9 Å². The van der Waals surface area contributed by atoms with E-state index in [2.05, 4.69) is 0 Å². The molecule has 0 saturated carbocycles. The first-order chi connectivity index (χ1) is 9.93. The first kappa shape index (κ1) is 15.2. The average molecular weight is 291 g/mol. The van der Waals surface area contributed by atoms with Gasteiger partial charge in [-0.2, -0.15) is 0 Å². The number of carbonyl (C=O) groups excluding carboxylic acids is 2. The zero-order valence-electron chi connectivity index (χ0n) is 12.6. The van der Waals surface area contributed by atoms with Crippen LogP contribution in [0.25, 0.3) is 0 Å². The molecule has 2 N–H and O–H groups in total. The van der Waals surface area contributed by atoms with Crippen LogP contribution in [0.1, 0.15) is 19.4 Å². The van der Waals surface area contributed by atoms with E-state index in [1.54, 1.807) is 35.1 Å². The van der Waals surface area contributed by atoms with E-state index in [9.17, 15) is 9.59 Å². The highest BCUT2D eigenvalue weighted by atomic mass is 16.5. The molecule has 0 radical (unpaired) electrons. The van der Waals surface area contributed by atoms with Crippen LogP contribution in [0.15, 0.2) is 18.2 Å². The molecule has 0 atom stereocenters. The minimum Gasteiger partial charge on any atom is -0.496 e. The van der Waals surface area contributed by atoms with Gasteiger partial charge in [0.05, 0.1) is 7.11 Å². The summed E-state index contributed by atoms with van der Waals surface area (Å²) >= 11 is 0. The van der Waals surface area contributed by atoms with Gasteiger partial charge in [-0.1, -0.05) is 0 Å². The fraction of sp³-hybridized carbons (Fsp3) is 0.467. The van der Waals surface area contributed by atoms with Gasteiger partial charge in [0.15, 0.2) is 0 Å². The van der Waals surface area contributed by atoms with Crippen molar-refractivity contribution in [2.24, 2.45) is 0 Å². The number of rotatable bonds is 4. The number of anilines is 1. The topological polar surface area (TPSA) is 75.9 Å². The number of nitrogens with zero attached hydrogens (tertiary/aromatic N) is 2. The normalized spacial score (nSPS) is 15.8. The van der Waals surface area contributed by atoms with Crippen LogP contribution < -0.4 is 10.5 Å². The maximum absolute atomic E-state index is 12.2. The molecule has 6 nitrogen and oxygen atoms in total. The minimum absolute atomic E-state index is 0.0329. The second-order valence-corrected chi connectivity index (χ2v) is 5.39. The minimum atomic E-state index is -0.473. The van der Waals surface area contributed by atoms with E-state index >= 15 is 0 Å². The number of hydrogen-bond donors (Lipinski definition) is 1. The quantitative estimate of drug-likeness (QED) is 0.659. The number of hydrogen-bond acceptors (Lipinski definition) is 4. The number of piperazine rings is 1. The fourth-order valence-electron chi connectivity index (χ4n) is 2.46. The summed E-state index contributed by atoms with van der Waals surface area (Å²) in [5.74, 6) is -0.255. The van der Waals surface area contributed by atoms with Crippen LogP contribution in [0, 0.1) is 0 Å². The highest BCUT2D eigenvalue weighted by molar-refractivity contribution is 6.35. The smallest absolute Gasteiger partial charge is 0.312 e. The molecule has 1 fully saturated rings. The van der Waals surface area contributed by atoms with Gasteiger partial charge in [-0.25, -0.2) is 0 Å². The van der Waals surface area contributed by atoms with E-state index in [1.165, 1.54) is 0 Å². The maximum atomic E-state index is 12.2. The lowest BCUT2D eigenvalue weighted by molar-refractivity contribution is -0.157. The van der Waals surface area contributed by atoms with Gasteiger partial charge in [0.2, 0.25) is 0 Å². The van der Waals surface area contributed by atoms with E-state index in [-0.39, 0.29) is 6.04 Å². The Morgan fingerprint density at radius 3 is 2.57 bits per heavy atom. The molecule has 2 rings (SSSR count). The first-order valence-electron chi connectivity index (χ1n) is 6.96. The van der Waals surface area contributed by atoms with Gasteiger partial charge in [-0.05, 0) is 32.0 Å². The van der Waals surface area contributed by atoms with Crippen molar-refractivity contribution < 1.29 is 14.3 Å². The summed E-state index contributed by atoms with van der Waals surface area (Å²) in [6.45, 7) is 5.20. The molecule has 0 spiro atoms. The molecule has 2 amide bonds. The van der Waals surface area contributed by atoms with Crippen molar-refractivity contribution >= 4 is 17.5 Å². The molecule has 0 unspecified atom stereocenters. The van der Waals surface area contributed by atoms with Crippen molar-refractivity contribution in [3.8, 4) is 5.75 Å². The average Bonchev–Trinajstić information content (AvgIpc) is 2.44. The Bertz CT molecular complexity index is 557. The van der Waals surface area contributed by atoms with E-state index in [1.807, 2.05) is 13.8 Å². The zero-order valence-corrected chi connectivity index (χ0v) is 12.6. The van der Waals surface area contributed by atoms with E-state index < -0.39 is 11.8 Å². The highest BCUT2D eigenvalue weighted by Gasteiger charge is 2.33. The standard InChI is InChI=1S/C15H21N3O3/c1-10(2)18-7-6-17(14(19)15(18)20)9-11-8-12(16)4-5-13(11)21-3/h4-5,8,10H,6-7,9,16H2,1-3H3. The van der Waals surface area contributed by atoms with E-state index in [0.717, 1.165) is 5.56 Å². The third-order valence-electron chi connectivity index (χ3n) is 3.63. The molecule has 1 aromatic rings. The Balaban J connectivity index is 2.16. The summed E-state index contributed by atoms with van der Waals surface area (Å²) in [5.41, 5.74) is 7.18. The van der Waals surface area contributed by atoms with Crippen LogP contribution in [-0.2, 0) is 16.1 Å². The first-order valence-corrected chi connectivity index (χ1v) is 6.96. The van der Waals surface area contributed by atoms with Crippen LogP contribution >= 0.6 is 0 Å². The predicted molar refractivity (Wildman–Crippen MR) is 79.7 cm³/mol. The van der Waals surface area contributed by atoms with Crippen LogP contribution in [0.5, 0.6) is 5.75 Å². The zero-order chi connectivity index (χ0) is 15.6. The van der Waals surface area contributed by atoms with Crippen molar-refractivity contribution in [1.29, 1.82) is 0 Å². The number of carbonyl (C=O) groups is 2. The number of benzene rings is 1. The van der Waals surface area contributed by atoms with Crippen molar-refractivity contribution in [3.63, 3.8) is 0 Å². The second kappa shape index (κ2) is 6.03. The molecule has 114 valence electrons. The molecule has 1 saturated heterocycles. The lowest BCUT2D eigenvalue weighted by atomic mass is 10.1. The van der Waals surface area contributed by atoms with Crippen LogP contribution in [0.2, 0.25) is 0 Å². The maximum Gasteiger partial charge on any atom is 0.312 e. The third kappa shape index (κ3) is 3.09. The molecule has 0 aliphatic carbocycles. The molecule has 1 aromatic carbocycles. The lowest BCUT2D eigenvalue weighted by Gasteiger charge is -2.36. The van der Waals surface area contributed by atoms with E-state index in [4.69, 9.17) is 10.5 Å². The molecular weight excluding hydrogens is 270 g/mol. The summed E-state index contributed by atoms with van der Waals surface area (Å²) in [6, 6.07) is 5.31. The van der Waals surface area contributed by atoms with Crippen molar-refractivity contribution in [2.75, 3.05) is 25.9 Å². The van der Waals surface area contributed by atoms with Crippen molar-refractivity contribution in [3.05, 3.63) is 23.8 Å². The van der Waals surface area contributed by atoms with Gasteiger partial charge in [0.25, 0.3) is 0 Å². The van der Waals surface area contributed by atoms with Crippen molar-refractivity contribution in [1.82, 2.24) is 9.80 Å². The molecule has 1 aliphatic heterocycles. The Morgan fingerprint density at radius 1 is 1.24 bits per heavy atom. The SMILES string of the molecule is COc1ccc(N)cc1CN1CCN(C(C)C)C(=O)C1=O. The van der Waals surface area contributed by atoms with E-state index in [0.29, 0.717) is 31.1 Å². The number of amides is 2. The van der Waals surface area contributed by atoms with Gasteiger partial charge < -0.3 is 20.3 Å². The number of nitrogen functional groups attached to an aromatic ring is 1. The van der Waals surface area contributed by atoms with Gasteiger partial charge in [-0.15, -0.1) is 0 Å².